The van der Waals surface area contributed by atoms with E-state index < -0.39 is 0 Å². The molecule has 2 rings (SSSR count). The van der Waals surface area contributed by atoms with Crippen molar-refractivity contribution in [3.63, 3.8) is 0 Å². The summed E-state index contributed by atoms with van der Waals surface area (Å²) in [6.07, 6.45) is 1.12. The highest BCUT2D eigenvalue weighted by Gasteiger charge is 2.18. The van der Waals surface area contributed by atoms with Crippen LogP contribution in [-0.4, -0.2) is 17.9 Å². The molecule has 0 aliphatic heterocycles. The third kappa shape index (κ3) is 4.18. The van der Waals surface area contributed by atoms with E-state index in [0.717, 1.165) is 11.1 Å². The first-order valence-corrected chi connectivity index (χ1v) is 7.70. The van der Waals surface area contributed by atoms with Crippen molar-refractivity contribution in [2.24, 2.45) is 5.73 Å². The molecule has 2 atom stereocenters. The molecule has 0 unspecified atom stereocenters. The highest BCUT2D eigenvalue weighted by atomic mass is 16.2. The summed E-state index contributed by atoms with van der Waals surface area (Å²) in [6, 6.07) is 20.0. The molecule has 2 aromatic carbocycles. The Kier molecular flexibility index (Phi) is 5.73. The topological polar surface area (TPSA) is 46.3 Å². The van der Waals surface area contributed by atoms with Crippen LogP contribution in [0.4, 0.5) is 0 Å². The zero-order chi connectivity index (χ0) is 15.9. The predicted molar refractivity (Wildman–Crippen MR) is 90.2 cm³/mol. The molecule has 3 heteroatoms. The summed E-state index contributed by atoms with van der Waals surface area (Å²) in [6.45, 7) is 2.05. The Morgan fingerprint density at radius 3 is 2.05 bits per heavy atom. The Morgan fingerprint density at radius 2 is 1.50 bits per heavy atom. The molecule has 0 aliphatic rings. The van der Waals surface area contributed by atoms with E-state index in [0.29, 0.717) is 12.8 Å². The van der Waals surface area contributed by atoms with Crippen LogP contribution in [0, 0.1) is 0 Å². The van der Waals surface area contributed by atoms with E-state index in [-0.39, 0.29) is 18.0 Å². The SMILES string of the molecule is C[C@H](c1ccccc1)N(C)C(=O)CC[C@@H](N)c1ccccc1. The van der Waals surface area contributed by atoms with Crippen LogP contribution in [0.15, 0.2) is 60.7 Å². The lowest BCUT2D eigenvalue weighted by atomic mass is 10.0. The molecule has 0 saturated carbocycles. The fraction of sp³-hybridized carbons (Fsp3) is 0.316. The lowest BCUT2D eigenvalue weighted by Crippen LogP contribution is -2.30. The molecule has 0 radical (unpaired) electrons. The van der Waals surface area contributed by atoms with Crippen LogP contribution in [0.1, 0.15) is 43.0 Å². The first-order chi connectivity index (χ1) is 10.6. The quantitative estimate of drug-likeness (QED) is 0.883. The molecule has 1 amide bonds. The van der Waals surface area contributed by atoms with Crippen molar-refractivity contribution >= 4 is 5.91 Å². The molecule has 0 bridgehead atoms. The highest BCUT2D eigenvalue weighted by molar-refractivity contribution is 5.76. The molecular formula is C19H24N2O. The largest absolute Gasteiger partial charge is 0.339 e. The summed E-state index contributed by atoms with van der Waals surface area (Å²) in [7, 11) is 1.86. The second kappa shape index (κ2) is 7.76. The normalized spacial score (nSPS) is 13.4. The van der Waals surface area contributed by atoms with Crippen LogP contribution >= 0.6 is 0 Å². The van der Waals surface area contributed by atoms with Gasteiger partial charge in [-0.1, -0.05) is 60.7 Å². The summed E-state index contributed by atoms with van der Waals surface area (Å²) in [4.78, 5) is 14.2. The van der Waals surface area contributed by atoms with Crippen LogP contribution < -0.4 is 5.73 Å². The molecule has 0 aromatic heterocycles. The Morgan fingerprint density at radius 1 is 1.00 bits per heavy atom. The number of benzene rings is 2. The minimum absolute atomic E-state index is 0.0710. The zero-order valence-corrected chi connectivity index (χ0v) is 13.3. The van der Waals surface area contributed by atoms with Crippen molar-refractivity contribution in [3.8, 4) is 0 Å². The third-order valence-corrected chi connectivity index (χ3v) is 4.15. The maximum absolute atomic E-state index is 12.4. The Balaban J connectivity index is 1.89. The van der Waals surface area contributed by atoms with Gasteiger partial charge in [-0.25, -0.2) is 0 Å². The van der Waals surface area contributed by atoms with Crippen LogP contribution in [0.2, 0.25) is 0 Å². The van der Waals surface area contributed by atoms with E-state index in [4.69, 9.17) is 5.73 Å². The average molecular weight is 296 g/mol. The molecule has 0 heterocycles. The minimum atomic E-state index is -0.0921. The van der Waals surface area contributed by atoms with Gasteiger partial charge in [0.25, 0.3) is 0 Å². The van der Waals surface area contributed by atoms with E-state index in [1.807, 2.05) is 74.6 Å². The fourth-order valence-electron chi connectivity index (χ4n) is 2.49. The van der Waals surface area contributed by atoms with E-state index >= 15 is 0 Å². The van der Waals surface area contributed by atoms with Gasteiger partial charge in [0, 0.05) is 19.5 Å². The Bertz CT molecular complexity index is 583. The first kappa shape index (κ1) is 16.2. The smallest absolute Gasteiger partial charge is 0.222 e. The molecule has 2 aromatic rings. The van der Waals surface area contributed by atoms with Crippen molar-refractivity contribution in [1.82, 2.24) is 4.90 Å². The van der Waals surface area contributed by atoms with E-state index in [9.17, 15) is 4.79 Å². The van der Waals surface area contributed by atoms with Crippen molar-refractivity contribution in [3.05, 3.63) is 71.8 Å². The number of nitrogens with two attached hydrogens (primary N) is 1. The Hall–Kier alpha value is -2.13. The lowest BCUT2D eigenvalue weighted by molar-refractivity contribution is -0.132. The van der Waals surface area contributed by atoms with Gasteiger partial charge in [0.1, 0.15) is 0 Å². The van der Waals surface area contributed by atoms with Crippen LogP contribution in [0.25, 0.3) is 0 Å². The highest BCUT2D eigenvalue weighted by Crippen LogP contribution is 2.21. The number of nitrogens with zero attached hydrogens (tertiary/aromatic N) is 1. The van der Waals surface area contributed by atoms with Gasteiger partial charge in [-0.05, 0) is 24.5 Å². The van der Waals surface area contributed by atoms with Gasteiger partial charge in [0.2, 0.25) is 5.91 Å². The van der Waals surface area contributed by atoms with Crippen molar-refractivity contribution in [1.29, 1.82) is 0 Å². The molecule has 2 N–H and O–H groups in total. The molecule has 0 fully saturated rings. The number of carbonyl (C=O) groups excluding carboxylic acids is 1. The van der Waals surface area contributed by atoms with E-state index in [1.54, 1.807) is 4.90 Å². The molecule has 3 nitrogen and oxygen atoms in total. The van der Waals surface area contributed by atoms with Gasteiger partial charge in [0.05, 0.1) is 6.04 Å². The van der Waals surface area contributed by atoms with Gasteiger partial charge in [-0.2, -0.15) is 0 Å². The van der Waals surface area contributed by atoms with E-state index in [2.05, 4.69) is 0 Å². The number of hydrogen-bond donors (Lipinski definition) is 1. The molecule has 0 saturated heterocycles. The molecular weight excluding hydrogens is 272 g/mol. The standard InChI is InChI=1S/C19H24N2O/c1-15(16-9-5-3-6-10-16)21(2)19(22)14-13-18(20)17-11-7-4-8-12-17/h3-12,15,18H,13-14,20H2,1-2H3/t15-,18-/m1/s1. The third-order valence-electron chi connectivity index (χ3n) is 4.15. The number of hydrogen-bond acceptors (Lipinski definition) is 2. The average Bonchev–Trinajstić information content (AvgIpc) is 2.59. The summed E-state index contributed by atoms with van der Waals surface area (Å²) in [5.41, 5.74) is 8.38. The van der Waals surface area contributed by atoms with Crippen molar-refractivity contribution < 1.29 is 4.79 Å². The van der Waals surface area contributed by atoms with Crippen LogP contribution in [-0.2, 0) is 4.79 Å². The summed E-state index contributed by atoms with van der Waals surface area (Å²) in [5.74, 6) is 0.128. The predicted octanol–water partition coefficient (Wildman–Crippen LogP) is 3.69. The van der Waals surface area contributed by atoms with Gasteiger partial charge >= 0.3 is 0 Å². The molecule has 0 aliphatic carbocycles. The maximum atomic E-state index is 12.4. The van der Waals surface area contributed by atoms with Crippen LogP contribution in [0.3, 0.4) is 0 Å². The monoisotopic (exact) mass is 296 g/mol. The van der Waals surface area contributed by atoms with Gasteiger partial charge in [-0.15, -0.1) is 0 Å². The lowest BCUT2D eigenvalue weighted by Gasteiger charge is -2.26. The summed E-state index contributed by atoms with van der Waals surface area (Å²) >= 11 is 0. The molecule has 116 valence electrons. The number of rotatable bonds is 6. The minimum Gasteiger partial charge on any atom is -0.339 e. The second-order valence-corrected chi connectivity index (χ2v) is 5.65. The fourth-order valence-corrected chi connectivity index (χ4v) is 2.49. The second-order valence-electron chi connectivity index (χ2n) is 5.65. The maximum Gasteiger partial charge on any atom is 0.222 e. The summed E-state index contributed by atoms with van der Waals surface area (Å²) in [5, 5.41) is 0. The molecule has 0 spiro atoms. The van der Waals surface area contributed by atoms with Crippen LogP contribution in [0.5, 0.6) is 0 Å². The summed E-state index contributed by atoms with van der Waals surface area (Å²) < 4.78 is 0. The van der Waals surface area contributed by atoms with E-state index in [1.165, 1.54) is 0 Å². The van der Waals surface area contributed by atoms with Gasteiger partial charge in [0.15, 0.2) is 0 Å². The van der Waals surface area contributed by atoms with Crippen molar-refractivity contribution in [2.75, 3.05) is 7.05 Å². The first-order valence-electron chi connectivity index (χ1n) is 7.70. The van der Waals surface area contributed by atoms with Gasteiger partial charge < -0.3 is 10.6 Å². The zero-order valence-electron chi connectivity index (χ0n) is 13.3. The Labute approximate surface area is 132 Å². The number of amides is 1. The van der Waals surface area contributed by atoms with Gasteiger partial charge in [-0.3, -0.25) is 4.79 Å². The van der Waals surface area contributed by atoms with Crippen molar-refractivity contribution in [2.45, 2.75) is 31.8 Å². The number of carbonyl (C=O) groups is 1. The molecule has 22 heavy (non-hydrogen) atoms.